The van der Waals surface area contributed by atoms with Crippen LogP contribution in [0.5, 0.6) is 0 Å². The Labute approximate surface area is 151 Å². The summed E-state index contributed by atoms with van der Waals surface area (Å²) in [5.74, 6) is -0.0938. The number of amides is 1. The van der Waals surface area contributed by atoms with Crippen LogP contribution >= 0.6 is 15.9 Å². The number of hydrogen-bond acceptors (Lipinski definition) is 3. The number of benzene rings is 1. The Morgan fingerprint density at radius 1 is 1.28 bits per heavy atom. The number of rotatable bonds is 6. The van der Waals surface area contributed by atoms with E-state index in [0.29, 0.717) is 16.0 Å². The third-order valence-corrected chi connectivity index (χ3v) is 6.43. The van der Waals surface area contributed by atoms with Crippen LogP contribution in [-0.4, -0.2) is 38.0 Å². The molecule has 2 aliphatic rings. The van der Waals surface area contributed by atoms with Gasteiger partial charge in [0.1, 0.15) is 0 Å². The van der Waals surface area contributed by atoms with Gasteiger partial charge in [-0.25, -0.2) is 21.6 Å². The summed E-state index contributed by atoms with van der Waals surface area (Å²) < 4.78 is 64.4. The number of carbonyl (C=O) groups is 1. The number of nitrogens with zero attached hydrogens (tertiary/aromatic N) is 1. The maximum Gasteiger partial charge on any atom is 0.283 e. The second kappa shape index (κ2) is 6.55. The molecule has 0 bridgehead atoms. The highest BCUT2D eigenvalue weighted by atomic mass is 79.9. The Hall–Kier alpha value is -1.13. The van der Waals surface area contributed by atoms with Gasteiger partial charge in [0.25, 0.3) is 12.3 Å². The van der Waals surface area contributed by atoms with Crippen LogP contribution in [0.15, 0.2) is 21.5 Å². The van der Waals surface area contributed by atoms with E-state index in [0.717, 1.165) is 18.9 Å². The minimum absolute atomic E-state index is 0.0443. The number of sulfonamides is 1. The number of hydrogen-bond donors (Lipinski definition) is 1. The van der Waals surface area contributed by atoms with Crippen molar-refractivity contribution in [3.63, 3.8) is 0 Å². The summed E-state index contributed by atoms with van der Waals surface area (Å²) in [4.78, 5) is 13.8. The lowest BCUT2D eigenvalue weighted by atomic mass is 10.1. The van der Waals surface area contributed by atoms with E-state index in [-0.39, 0.29) is 18.2 Å². The number of fused-ring (bicyclic) bond motifs is 1. The zero-order valence-corrected chi connectivity index (χ0v) is 15.6. The summed E-state index contributed by atoms with van der Waals surface area (Å²) in [6.07, 6.45) is -4.53. The molecule has 0 spiro atoms. The fourth-order valence-electron chi connectivity index (χ4n) is 3.04. The molecule has 1 heterocycles. The first-order chi connectivity index (χ1) is 11.6. The molecule has 1 aliphatic carbocycles. The molecule has 1 aromatic carbocycles. The van der Waals surface area contributed by atoms with Crippen molar-refractivity contribution >= 4 is 31.9 Å². The van der Waals surface area contributed by atoms with Crippen molar-refractivity contribution in [1.29, 1.82) is 0 Å². The van der Waals surface area contributed by atoms with Gasteiger partial charge in [0.2, 0.25) is 16.3 Å². The third-order valence-electron chi connectivity index (χ3n) is 4.54. The fraction of sp³-hybridized carbons (Fsp3) is 0.533. The van der Waals surface area contributed by atoms with Crippen LogP contribution < -0.4 is 4.72 Å². The van der Waals surface area contributed by atoms with Gasteiger partial charge in [-0.3, -0.25) is 4.79 Å². The molecule has 0 radical (unpaired) electrons. The molecule has 1 saturated carbocycles. The Morgan fingerprint density at radius 2 is 1.92 bits per heavy atom. The quantitative estimate of drug-likeness (QED) is 0.691. The highest BCUT2D eigenvalue weighted by Crippen LogP contribution is 2.40. The van der Waals surface area contributed by atoms with E-state index in [1.54, 1.807) is 11.0 Å². The van der Waals surface area contributed by atoms with Gasteiger partial charge in [0.05, 0.1) is 10.5 Å². The average Bonchev–Trinajstić information content (AvgIpc) is 3.30. The highest BCUT2D eigenvalue weighted by molar-refractivity contribution is 9.10. The first kappa shape index (κ1) is 18.7. The monoisotopic (exact) mass is 440 g/mol. The van der Waals surface area contributed by atoms with Crippen molar-refractivity contribution in [3.05, 3.63) is 27.7 Å². The van der Waals surface area contributed by atoms with E-state index in [1.807, 2.05) is 6.92 Å². The van der Waals surface area contributed by atoms with E-state index in [9.17, 15) is 26.4 Å². The molecule has 2 unspecified atom stereocenters. The molecule has 1 N–H and O–H groups in total. The molecular weight excluding hydrogens is 425 g/mol. The SMILES string of the molecule is CC(C1CC1)N1Cc2cc(Br)cc(S(=O)(=O)NC(F)C(F)F)c2C1=O. The zero-order valence-electron chi connectivity index (χ0n) is 13.2. The molecule has 5 nitrogen and oxygen atoms in total. The number of halogens is 4. The van der Waals surface area contributed by atoms with Crippen LogP contribution in [0.3, 0.4) is 0 Å². The normalized spacial score (nSPS) is 20.1. The van der Waals surface area contributed by atoms with Crippen molar-refractivity contribution in [2.75, 3.05) is 0 Å². The molecule has 138 valence electrons. The van der Waals surface area contributed by atoms with Gasteiger partial charge in [-0.1, -0.05) is 15.9 Å². The average molecular weight is 441 g/mol. The second-order valence-corrected chi connectivity index (χ2v) is 8.90. The molecule has 3 rings (SSSR count). The summed E-state index contributed by atoms with van der Waals surface area (Å²) in [6, 6.07) is 2.70. The maximum atomic E-state index is 13.2. The van der Waals surface area contributed by atoms with Gasteiger partial charge in [0, 0.05) is 17.1 Å². The van der Waals surface area contributed by atoms with Crippen LogP contribution in [0.25, 0.3) is 0 Å². The van der Waals surface area contributed by atoms with Crippen molar-refractivity contribution in [1.82, 2.24) is 9.62 Å². The first-order valence-corrected chi connectivity index (χ1v) is 9.97. The van der Waals surface area contributed by atoms with Gasteiger partial charge in [-0.2, -0.15) is 4.72 Å². The van der Waals surface area contributed by atoms with Gasteiger partial charge in [0.15, 0.2) is 0 Å². The lowest BCUT2D eigenvalue weighted by molar-refractivity contribution is 0.0440. The third kappa shape index (κ3) is 3.56. The molecule has 1 fully saturated rings. The predicted octanol–water partition coefficient (Wildman–Crippen LogP) is 3.04. The Kier molecular flexibility index (Phi) is 4.89. The number of nitrogens with one attached hydrogen (secondary N) is 1. The molecule has 1 aliphatic heterocycles. The van der Waals surface area contributed by atoms with Crippen LogP contribution in [0.1, 0.15) is 35.7 Å². The van der Waals surface area contributed by atoms with Gasteiger partial charge in [-0.15, -0.1) is 0 Å². The lowest BCUT2D eigenvalue weighted by Crippen LogP contribution is -2.38. The first-order valence-electron chi connectivity index (χ1n) is 7.69. The van der Waals surface area contributed by atoms with Crippen molar-refractivity contribution in [2.24, 2.45) is 5.92 Å². The Bertz CT molecular complexity index is 814. The highest BCUT2D eigenvalue weighted by Gasteiger charge is 2.41. The van der Waals surface area contributed by atoms with E-state index in [1.165, 1.54) is 4.72 Å². The summed E-state index contributed by atoms with van der Waals surface area (Å²) in [6.45, 7) is 2.14. The minimum Gasteiger partial charge on any atom is -0.331 e. The summed E-state index contributed by atoms with van der Waals surface area (Å²) >= 11 is 3.16. The predicted molar refractivity (Wildman–Crippen MR) is 87.4 cm³/mol. The number of alkyl halides is 3. The Balaban J connectivity index is 2.00. The smallest absolute Gasteiger partial charge is 0.283 e. The van der Waals surface area contributed by atoms with Crippen molar-refractivity contribution < 1.29 is 26.4 Å². The molecule has 1 aromatic rings. The van der Waals surface area contributed by atoms with E-state index < -0.39 is 33.5 Å². The molecule has 1 amide bonds. The van der Waals surface area contributed by atoms with Crippen molar-refractivity contribution in [2.45, 2.75) is 50.0 Å². The molecule has 0 aromatic heterocycles. The van der Waals surface area contributed by atoms with Crippen molar-refractivity contribution in [3.8, 4) is 0 Å². The fourth-order valence-corrected chi connectivity index (χ4v) is 4.99. The topological polar surface area (TPSA) is 66.5 Å². The van der Waals surface area contributed by atoms with E-state index in [4.69, 9.17) is 0 Å². The second-order valence-electron chi connectivity index (χ2n) is 6.31. The summed E-state index contributed by atoms with van der Waals surface area (Å²) in [7, 11) is -4.62. The van der Waals surface area contributed by atoms with Crippen LogP contribution in [0, 0.1) is 5.92 Å². The largest absolute Gasteiger partial charge is 0.331 e. The summed E-state index contributed by atoms with van der Waals surface area (Å²) in [5, 5.41) is 0. The lowest BCUT2D eigenvalue weighted by Gasteiger charge is -2.24. The van der Waals surface area contributed by atoms with Gasteiger partial charge in [-0.05, 0) is 43.4 Å². The maximum absolute atomic E-state index is 13.2. The van der Waals surface area contributed by atoms with Crippen LogP contribution in [-0.2, 0) is 16.6 Å². The zero-order chi connectivity index (χ0) is 18.5. The van der Waals surface area contributed by atoms with Crippen LogP contribution in [0.4, 0.5) is 13.2 Å². The Morgan fingerprint density at radius 3 is 2.48 bits per heavy atom. The molecule has 10 heteroatoms. The van der Waals surface area contributed by atoms with Crippen LogP contribution in [0.2, 0.25) is 0 Å². The van der Waals surface area contributed by atoms with Gasteiger partial charge >= 0.3 is 0 Å². The minimum atomic E-state index is -4.62. The molecular formula is C15H16BrF3N2O3S. The van der Waals surface area contributed by atoms with E-state index >= 15 is 0 Å². The molecule has 0 saturated heterocycles. The van der Waals surface area contributed by atoms with Gasteiger partial charge < -0.3 is 4.90 Å². The van der Waals surface area contributed by atoms with E-state index in [2.05, 4.69) is 15.9 Å². The molecule has 25 heavy (non-hydrogen) atoms. The summed E-state index contributed by atoms with van der Waals surface area (Å²) in [5.41, 5.74) is 0.393. The molecule has 2 atom stereocenters. The number of carbonyl (C=O) groups excluding carboxylic acids is 1. The standard InChI is InChI=1S/C15H16BrF3N2O3S/c1-7(8-2-3-8)21-6-9-4-10(16)5-11(12(9)15(21)22)25(23,24)20-14(19)13(17)18/h4-5,7-8,13-14,20H,2-3,6H2,1H3.